The van der Waals surface area contributed by atoms with Crippen LogP contribution in [-0.4, -0.2) is 28.6 Å². The van der Waals surface area contributed by atoms with Crippen molar-refractivity contribution in [2.75, 3.05) is 4.72 Å². The predicted octanol–water partition coefficient (Wildman–Crippen LogP) is 4.91. The number of rotatable bonds is 6. The molecule has 0 aliphatic carbocycles. The van der Waals surface area contributed by atoms with Crippen molar-refractivity contribution in [3.05, 3.63) is 93.0 Å². The summed E-state index contributed by atoms with van der Waals surface area (Å²) in [6.07, 6.45) is 0. The largest absolute Gasteiger partial charge is 0.478 e. The zero-order chi connectivity index (χ0) is 25.5. The molecule has 10 heteroatoms. The lowest BCUT2D eigenvalue weighted by Gasteiger charge is -2.19. The molecule has 1 heterocycles. The molecule has 0 aliphatic heterocycles. The van der Waals surface area contributed by atoms with Gasteiger partial charge in [0.15, 0.2) is 4.77 Å². The molecule has 180 valence electrons. The molecule has 2 N–H and O–H groups in total. The zero-order valence-electron chi connectivity index (χ0n) is 19.2. The van der Waals surface area contributed by atoms with E-state index in [0.717, 1.165) is 5.56 Å². The summed E-state index contributed by atoms with van der Waals surface area (Å²) in [4.78, 5) is 24.9. The van der Waals surface area contributed by atoms with E-state index in [4.69, 9.17) is 12.2 Å². The quantitative estimate of drug-likeness (QED) is 0.357. The van der Waals surface area contributed by atoms with Gasteiger partial charge in [0, 0.05) is 11.7 Å². The fraction of sp³-hybridized carbons (Fsp3) is 0.160. The number of aromatic nitrogens is 2. The highest BCUT2D eigenvalue weighted by molar-refractivity contribution is 7.92. The Morgan fingerprint density at radius 3 is 2.20 bits per heavy atom. The van der Waals surface area contributed by atoms with E-state index in [1.807, 2.05) is 20.8 Å². The number of nitrogens with one attached hydrogen (secondary N) is 1. The van der Waals surface area contributed by atoms with E-state index < -0.39 is 21.6 Å². The van der Waals surface area contributed by atoms with Crippen LogP contribution in [0.25, 0.3) is 16.6 Å². The number of anilines is 1. The molecule has 0 spiro atoms. The van der Waals surface area contributed by atoms with Gasteiger partial charge in [-0.05, 0) is 87.6 Å². The average Bonchev–Trinajstić information content (AvgIpc) is 2.80. The SMILES string of the molecule is Cc1ccc(S(=O)(=O)Nc2ccc3c(c2)c(=O)n(-c2ccc(C(=O)O)cc2)c(=S)n3C(C)C)cc1. The van der Waals surface area contributed by atoms with Crippen LogP contribution in [0.2, 0.25) is 0 Å². The maximum Gasteiger partial charge on any atom is 0.335 e. The molecule has 0 amide bonds. The van der Waals surface area contributed by atoms with Gasteiger partial charge in [-0.3, -0.25) is 14.1 Å². The topological polar surface area (TPSA) is 110 Å². The van der Waals surface area contributed by atoms with Crippen LogP contribution >= 0.6 is 12.2 Å². The second kappa shape index (κ2) is 9.12. The van der Waals surface area contributed by atoms with Crippen LogP contribution in [-0.2, 0) is 10.0 Å². The number of hydrogen-bond acceptors (Lipinski definition) is 5. The fourth-order valence-electron chi connectivity index (χ4n) is 3.81. The molecular weight excluding hydrogens is 486 g/mol. The van der Waals surface area contributed by atoms with Gasteiger partial charge in [-0.25, -0.2) is 13.2 Å². The number of carbonyl (C=O) groups is 1. The number of aromatic carboxylic acids is 1. The van der Waals surface area contributed by atoms with Gasteiger partial charge in [0.1, 0.15) is 0 Å². The second-order valence-electron chi connectivity index (χ2n) is 8.39. The molecule has 0 bridgehead atoms. The number of fused-ring (bicyclic) bond motifs is 1. The number of sulfonamides is 1. The van der Waals surface area contributed by atoms with Crippen molar-refractivity contribution in [3.63, 3.8) is 0 Å². The van der Waals surface area contributed by atoms with Gasteiger partial charge in [-0.1, -0.05) is 17.7 Å². The molecule has 3 aromatic carbocycles. The standard InChI is InChI=1S/C25H23N3O5S2/c1-15(2)27-22-13-8-18(26-35(32,33)20-11-4-16(3)5-12-20)14-21(22)23(29)28(25(27)34)19-9-6-17(7-10-19)24(30)31/h4-15,26H,1-3H3,(H,30,31). The first-order valence-corrected chi connectivity index (χ1v) is 12.6. The van der Waals surface area contributed by atoms with Crippen LogP contribution < -0.4 is 10.3 Å². The van der Waals surface area contributed by atoms with Crippen molar-refractivity contribution in [3.8, 4) is 5.69 Å². The normalized spacial score (nSPS) is 11.7. The van der Waals surface area contributed by atoms with E-state index in [1.165, 1.54) is 47.0 Å². The van der Waals surface area contributed by atoms with Crippen molar-refractivity contribution in [2.45, 2.75) is 31.7 Å². The lowest BCUT2D eigenvalue weighted by atomic mass is 10.2. The average molecular weight is 510 g/mol. The van der Waals surface area contributed by atoms with Crippen LogP contribution in [0.5, 0.6) is 0 Å². The Bertz CT molecular complexity index is 1670. The number of carboxylic acid groups (broad SMARTS) is 1. The third-order valence-electron chi connectivity index (χ3n) is 5.56. The Labute approximate surface area is 207 Å². The minimum absolute atomic E-state index is 0.0815. The summed E-state index contributed by atoms with van der Waals surface area (Å²) in [5.41, 5.74) is 1.78. The smallest absolute Gasteiger partial charge is 0.335 e. The first-order valence-electron chi connectivity index (χ1n) is 10.7. The molecule has 0 unspecified atom stereocenters. The van der Waals surface area contributed by atoms with Gasteiger partial charge in [0.05, 0.1) is 27.0 Å². The molecule has 0 atom stereocenters. The number of aryl methyl sites for hydroxylation is 1. The Morgan fingerprint density at radius 1 is 1.00 bits per heavy atom. The fourth-order valence-corrected chi connectivity index (χ4v) is 5.36. The Kier molecular flexibility index (Phi) is 6.35. The van der Waals surface area contributed by atoms with Crippen LogP contribution in [0.3, 0.4) is 0 Å². The predicted molar refractivity (Wildman–Crippen MR) is 138 cm³/mol. The molecule has 0 fully saturated rings. The van der Waals surface area contributed by atoms with Gasteiger partial charge in [0.25, 0.3) is 15.6 Å². The summed E-state index contributed by atoms with van der Waals surface area (Å²) < 4.78 is 31.7. The number of carboxylic acids is 1. The molecule has 0 saturated carbocycles. The van der Waals surface area contributed by atoms with E-state index in [-0.39, 0.29) is 32.3 Å². The maximum absolute atomic E-state index is 13.6. The lowest BCUT2D eigenvalue weighted by Crippen LogP contribution is -2.25. The van der Waals surface area contributed by atoms with Crippen molar-refractivity contribution in [1.82, 2.24) is 9.13 Å². The molecule has 0 aliphatic rings. The number of hydrogen-bond donors (Lipinski definition) is 2. The number of benzene rings is 3. The first-order chi connectivity index (χ1) is 16.5. The molecule has 1 aromatic heterocycles. The second-order valence-corrected chi connectivity index (χ2v) is 10.4. The molecule has 35 heavy (non-hydrogen) atoms. The van der Waals surface area contributed by atoms with Crippen molar-refractivity contribution in [1.29, 1.82) is 0 Å². The maximum atomic E-state index is 13.6. The van der Waals surface area contributed by atoms with Crippen molar-refractivity contribution < 1.29 is 18.3 Å². The van der Waals surface area contributed by atoms with Crippen LogP contribution in [0.4, 0.5) is 5.69 Å². The molecule has 0 radical (unpaired) electrons. The van der Waals surface area contributed by atoms with E-state index in [1.54, 1.807) is 28.8 Å². The van der Waals surface area contributed by atoms with Crippen LogP contribution in [0, 0.1) is 11.7 Å². The molecule has 4 aromatic rings. The first kappa shape index (κ1) is 24.4. The summed E-state index contributed by atoms with van der Waals surface area (Å²) >= 11 is 5.64. The summed E-state index contributed by atoms with van der Waals surface area (Å²) in [6.45, 7) is 5.71. The summed E-state index contributed by atoms with van der Waals surface area (Å²) in [5, 5.41) is 9.45. The lowest BCUT2D eigenvalue weighted by molar-refractivity contribution is 0.0697. The van der Waals surface area contributed by atoms with Gasteiger partial charge >= 0.3 is 5.97 Å². The minimum atomic E-state index is -3.86. The Hall–Kier alpha value is -3.76. The Morgan fingerprint density at radius 2 is 1.63 bits per heavy atom. The Balaban J connectivity index is 1.90. The van der Waals surface area contributed by atoms with Crippen molar-refractivity contribution in [2.24, 2.45) is 0 Å². The van der Waals surface area contributed by atoms with Gasteiger partial charge in [-0.2, -0.15) is 0 Å². The molecule has 0 saturated heterocycles. The number of nitrogens with zero attached hydrogens (tertiary/aromatic N) is 2. The van der Waals surface area contributed by atoms with E-state index >= 15 is 0 Å². The minimum Gasteiger partial charge on any atom is -0.478 e. The molecule has 4 rings (SSSR count). The van der Waals surface area contributed by atoms with Crippen LogP contribution in [0.15, 0.2) is 76.4 Å². The van der Waals surface area contributed by atoms with Gasteiger partial charge in [-0.15, -0.1) is 0 Å². The van der Waals surface area contributed by atoms with E-state index in [9.17, 15) is 23.1 Å². The summed E-state index contributed by atoms with van der Waals surface area (Å²) in [7, 11) is -3.86. The highest BCUT2D eigenvalue weighted by Crippen LogP contribution is 2.24. The van der Waals surface area contributed by atoms with E-state index in [0.29, 0.717) is 11.2 Å². The van der Waals surface area contributed by atoms with Gasteiger partial charge in [0.2, 0.25) is 0 Å². The van der Waals surface area contributed by atoms with E-state index in [2.05, 4.69) is 4.72 Å². The highest BCUT2D eigenvalue weighted by Gasteiger charge is 2.18. The molecule has 8 nitrogen and oxygen atoms in total. The van der Waals surface area contributed by atoms with Crippen molar-refractivity contribution >= 4 is 44.8 Å². The highest BCUT2D eigenvalue weighted by atomic mass is 32.2. The third kappa shape index (κ3) is 4.62. The molecular formula is C25H23N3O5S2. The summed E-state index contributed by atoms with van der Waals surface area (Å²) in [6, 6.07) is 16.9. The van der Waals surface area contributed by atoms with Crippen LogP contribution in [0.1, 0.15) is 35.8 Å². The monoisotopic (exact) mass is 509 g/mol. The third-order valence-corrected chi connectivity index (χ3v) is 7.34. The van der Waals surface area contributed by atoms with Gasteiger partial charge < -0.3 is 9.67 Å². The summed E-state index contributed by atoms with van der Waals surface area (Å²) in [5.74, 6) is -1.08. The zero-order valence-corrected chi connectivity index (χ0v) is 20.9.